The van der Waals surface area contributed by atoms with Gasteiger partial charge in [-0.05, 0) is 125 Å². The molecule has 5 nitrogen and oxygen atoms in total. The highest BCUT2D eigenvalue weighted by Gasteiger charge is 2.45. The first-order valence-electron chi connectivity index (χ1n) is 20.2. The van der Waals surface area contributed by atoms with Crippen LogP contribution in [0.1, 0.15) is 30.9 Å². The Kier molecular flexibility index (Phi) is 7.06. The number of rotatable bonds is 3. The Bertz CT molecular complexity index is 3130. The third-order valence-corrected chi connectivity index (χ3v) is 12.3. The van der Waals surface area contributed by atoms with Crippen LogP contribution in [0, 0.1) is 6.92 Å². The maximum atomic E-state index is 7.10. The highest BCUT2D eigenvalue weighted by Crippen LogP contribution is 2.52. The summed E-state index contributed by atoms with van der Waals surface area (Å²) in [5.74, 6) is 1.86. The highest BCUT2D eigenvalue weighted by atomic mass is 16.5. The van der Waals surface area contributed by atoms with Crippen LogP contribution < -0.4 is 35.8 Å². The molecule has 0 saturated carbocycles. The van der Waals surface area contributed by atoms with Crippen molar-refractivity contribution in [3.05, 3.63) is 181 Å². The zero-order chi connectivity index (χ0) is 38.6. The second-order valence-electron chi connectivity index (χ2n) is 16.0. The Morgan fingerprint density at radius 2 is 1.07 bits per heavy atom. The Morgan fingerprint density at radius 1 is 0.448 bits per heavy atom. The van der Waals surface area contributed by atoms with Gasteiger partial charge in [0.15, 0.2) is 11.5 Å². The van der Waals surface area contributed by atoms with Crippen LogP contribution in [-0.2, 0) is 0 Å². The fraction of sp³-hybridized carbons (Fsp3) is 0.0769. The van der Waals surface area contributed by atoms with E-state index in [1.807, 2.05) is 0 Å². The number of furan rings is 1. The van der Waals surface area contributed by atoms with E-state index in [1.54, 1.807) is 0 Å². The van der Waals surface area contributed by atoms with Crippen molar-refractivity contribution in [3.8, 4) is 11.5 Å². The van der Waals surface area contributed by atoms with E-state index in [9.17, 15) is 0 Å². The monoisotopic (exact) mass is 747 g/mol. The van der Waals surface area contributed by atoms with Crippen LogP contribution in [0.15, 0.2) is 174 Å². The third-order valence-electron chi connectivity index (χ3n) is 12.3. The third kappa shape index (κ3) is 4.72. The molecule has 2 bridgehead atoms. The largest absolute Gasteiger partial charge is 0.456 e. The first kappa shape index (κ1) is 33.0. The van der Waals surface area contributed by atoms with Crippen LogP contribution >= 0.6 is 0 Å². The molecule has 0 aliphatic carbocycles. The molecular weight excluding hydrogens is 709 g/mol. The summed E-state index contributed by atoms with van der Waals surface area (Å²) >= 11 is 0. The summed E-state index contributed by atoms with van der Waals surface area (Å²) in [6.07, 6.45) is 0. The molecular formula is C52H38BN3O2. The van der Waals surface area contributed by atoms with Gasteiger partial charge in [-0.2, -0.15) is 0 Å². The van der Waals surface area contributed by atoms with E-state index in [-0.39, 0.29) is 12.6 Å². The minimum Gasteiger partial charge on any atom is -0.456 e. The molecule has 8 aromatic carbocycles. The Balaban J connectivity index is 1.22. The first-order chi connectivity index (χ1) is 28.5. The van der Waals surface area contributed by atoms with Gasteiger partial charge in [0.25, 0.3) is 6.71 Å². The van der Waals surface area contributed by atoms with Gasteiger partial charge in [-0.15, -0.1) is 0 Å². The molecule has 0 N–H and O–H groups in total. The first-order valence-corrected chi connectivity index (χ1v) is 20.2. The molecule has 3 aliphatic heterocycles. The van der Waals surface area contributed by atoms with Gasteiger partial charge in [0.05, 0.1) is 11.4 Å². The molecule has 0 spiro atoms. The van der Waals surface area contributed by atoms with E-state index < -0.39 is 0 Å². The highest BCUT2D eigenvalue weighted by molar-refractivity contribution is 7.00. The number of hydrogen-bond acceptors (Lipinski definition) is 5. The van der Waals surface area contributed by atoms with Crippen molar-refractivity contribution in [3.63, 3.8) is 0 Å². The van der Waals surface area contributed by atoms with Gasteiger partial charge >= 0.3 is 0 Å². The number of anilines is 9. The lowest BCUT2D eigenvalue weighted by atomic mass is 9.33. The van der Waals surface area contributed by atoms with Crippen LogP contribution in [-0.4, -0.2) is 6.71 Å². The fourth-order valence-electron chi connectivity index (χ4n) is 9.60. The van der Waals surface area contributed by atoms with Crippen molar-refractivity contribution < 1.29 is 9.15 Å². The number of hydrogen-bond donors (Lipinski definition) is 0. The predicted octanol–water partition coefficient (Wildman–Crippen LogP) is 12.7. The molecule has 9 aromatic rings. The molecule has 0 atom stereocenters. The molecule has 0 unspecified atom stereocenters. The summed E-state index contributed by atoms with van der Waals surface area (Å²) in [4.78, 5) is 7.30. The van der Waals surface area contributed by atoms with Crippen molar-refractivity contribution in [1.29, 1.82) is 0 Å². The van der Waals surface area contributed by atoms with Crippen LogP contribution in [0.25, 0.3) is 21.9 Å². The molecule has 6 heteroatoms. The number of nitrogens with zero attached hydrogens (tertiary/aromatic N) is 3. The van der Waals surface area contributed by atoms with Crippen molar-refractivity contribution >= 4 is 96.2 Å². The van der Waals surface area contributed by atoms with E-state index in [2.05, 4.69) is 205 Å². The normalized spacial score (nSPS) is 13.6. The molecule has 1 aromatic heterocycles. The van der Waals surface area contributed by atoms with E-state index in [0.717, 1.165) is 73.2 Å². The zero-order valence-electron chi connectivity index (χ0n) is 32.5. The number of aryl methyl sites for hydroxylation is 1. The minimum atomic E-state index is -0.0747. The Labute approximate surface area is 338 Å². The van der Waals surface area contributed by atoms with Gasteiger partial charge in [-0.25, -0.2) is 0 Å². The van der Waals surface area contributed by atoms with Crippen LogP contribution in [0.2, 0.25) is 0 Å². The average Bonchev–Trinajstić information content (AvgIpc) is 3.62. The molecule has 0 fully saturated rings. The van der Waals surface area contributed by atoms with Crippen LogP contribution in [0.4, 0.5) is 51.2 Å². The summed E-state index contributed by atoms with van der Waals surface area (Å²) in [5.41, 5.74) is 17.8. The van der Waals surface area contributed by atoms with E-state index >= 15 is 0 Å². The average molecular weight is 748 g/mol. The molecule has 0 amide bonds. The lowest BCUT2D eigenvalue weighted by Gasteiger charge is -2.45. The second kappa shape index (κ2) is 12.4. The Hall–Kier alpha value is -7.18. The zero-order valence-corrected chi connectivity index (χ0v) is 32.5. The summed E-state index contributed by atoms with van der Waals surface area (Å²) in [5, 5.41) is 2.24. The van der Waals surface area contributed by atoms with Crippen LogP contribution in [0.5, 0.6) is 11.5 Å². The van der Waals surface area contributed by atoms with E-state index in [0.29, 0.717) is 0 Å². The second-order valence-corrected chi connectivity index (χ2v) is 16.0. The number of para-hydroxylation sites is 7. The predicted molar refractivity (Wildman–Crippen MR) is 241 cm³/mol. The van der Waals surface area contributed by atoms with Crippen molar-refractivity contribution in [2.45, 2.75) is 26.7 Å². The topological polar surface area (TPSA) is 32.1 Å². The van der Waals surface area contributed by atoms with Gasteiger partial charge < -0.3 is 23.9 Å². The van der Waals surface area contributed by atoms with Gasteiger partial charge in [-0.1, -0.05) is 98.8 Å². The van der Waals surface area contributed by atoms with Crippen LogP contribution in [0.3, 0.4) is 0 Å². The molecule has 0 saturated heterocycles. The van der Waals surface area contributed by atoms with Crippen molar-refractivity contribution in [1.82, 2.24) is 0 Å². The number of benzene rings is 8. The van der Waals surface area contributed by atoms with Gasteiger partial charge in [-0.3, -0.25) is 0 Å². The lowest BCUT2D eigenvalue weighted by molar-refractivity contribution is 0.484. The number of ether oxygens (including phenoxy) is 1. The summed E-state index contributed by atoms with van der Waals surface area (Å²) < 4.78 is 13.7. The van der Waals surface area contributed by atoms with Gasteiger partial charge in [0.2, 0.25) is 0 Å². The standard InChI is InChI=1S/C52H38BN3O2/c1-32(2)34-27-46-52-47(28-34)56-43-21-11-14-24-50(43)58-49-23-13-10-20-42(49)55(41-19-9-7-15-33(41)3)36-25-26-39(44(56)29-36)53(52)40-31-51-38(37-18-8-12-22-48(37)57-51)30-45(40)54(46)35-16-5-4-6-17-35/h4-32H,1-3H3. The summed E-state index contributed by atoms with van der Waals surface area (Å²) in [7, 11) is 0. The van der Waals surface area contributed by atoms with E-state index in [1.165, 1.54) is 38.9 Å². The summed E-state index contributed by atoms with van der Waals surface area (Å²) in [6, 6.07) is 61.3. The van der Waals surface area contributed by atoms with Crippen molar-refractivity contribution in [2.75, 3.05) is 14.7 Å². The smallest absolute Gasteiger partial charge is 0.252 e. The SMILES string of the molecule is Cc1ccccc1N1c2ccc3c(c2)N(c2ccccc2Oc2ccccc21)c1cc(C(C)C)cc2c1B3c1cc3oc4ccccc4c3cc1N2c1ccccc1. The van der Waals surface area contributed by atoms with Gasteiger partial charge in [0.1, 0.15) is 11.2 Å². The molecule has 12 rings (SSSR count). The quantitative estimate of drug-likeness (QED) is 0.168. The van der Waals surface area contributed by atoms with Crippen molar-refractivity contribution in [2.24, 2.45) is 0 Å². The Morgan fingerprint density at radius 3 is 1.83 bits per heavy atom. The maximum Gasteiger partial charge on any atom is 0.252 e. The lowest BCUT2D eigenvalue weighted by Crippen LogP contribution is -2.61. The molecule has 58 heavy (non-hydrogen) atoms. The van der Waals surface area contributed by atoms with E-state index in [4.69, 9.17) is 9.15 Å². The van der Waals surface area contributed by atoms with Gasteiger partial charge in [0, 0.05) is 50.6 Å². The molecule has 276 valence electrons. The molecule has 4 heterocycles. The fourth-order valence-corrected chi connectivity index (χ4v) is 9.60. The molecule has 3 aliphatic rings. The maximum absolute atomic E-state index is 7.10. The minimum absolute atomic E-state index is 0.0747. The summed E-state index contributed by atoms with van der Waals surface area (Å²) in [6.45, 7) is 6.69. The molecule has 0 radical (unpaired) electrons. The number of fused-ring (bicyclic) bond motifs is 11.